The van der Waals surface area contributed by atoms with Crippen molar-refractivity contribution < 1.29 is 21.6 Å². The van der Waals surface area contributed by atoms with Crippen molar-refractivity contribution in [2.45, 2.75) is 21.2 Å². The first-order chi connectivity index (χ1) is 11.2. The number of hydrogen-bond donors (Lipinski definition) is 1. The number of rotatable bonds is 7. The normalized spacial score (nSPS) is 12.3. The molecule has 1 aromatic carbocycles. The highest BCUT2D eigenvalue weighted by Gasteiger charge is 2.28. The minimum atomic E-state index is -3.93. The molecule has 0 fully saturated rings. The minimum absolute atomic E-state index is 0.0632. The van der Waals surface area contributed by atoms with E-state index in [2.05, 4.69) is 10.3 Å². The van der Waals surface area contributed by atoms with Gasteiger partial charge in [-0.3, -0.25) is 0 Å². The molecule has 0 spiro atoms. The zero-order valence-corrected chi connectivity index (χ0v) is 15.9. The SMILES string of the molecule is COCCNc1sc(S(C)(=O)=O)nc1S(=O)(=O)c1ccc(C)cc1. The summed E-state index contributed by atoms with van der Waals surface area (Å²) < 4.78 is 53.8. The van der Waals surface area contributed by atoms with Crippen LogP contribution in [0.15, 0.2) is 38.5 Å². The molecule has 0 aliphatic rings. The van der Waals surface area contributed by atoms with Gasteiger partial charge in [-0.1, -0.05) is 29.0 Å². The summed E-state index contributed by atoms with van der Waals surface area (Å²) in [6.07, 6.45) is 0.993. The van der Waals surface area contributed by atoms with Crippen LogP contribution in [0.4, 0.5) is 5.00 Å². The number of methoxy groups -OCH3 is 1. The molecule has 0 unspecified atom stereocenters. The molecule has 1 heterocycles. The van der Waals surface area contributed by atoms with Gasteiger partial charge in [0.15, 0.2) is 5.03 Å². The molecule has 0 saturated carbocycles. The number of aryl methyl sites for hydroxylation is 1. The van der Waals surface area contributed by atoms with Gasteiger partial charge in [0.2, 0.25) is 24.0 Å². The van der Waals surface area contributed by atoms with Crippen LogP contribution >= 0.6 is 11.3 Å². The summed E-state index contributed by atoms with van der Waals surface area (Å²) in [5, 5.41) is 2.78. The topological polar surface area (TPSA) is 102 Å². The fourth-order valence-corrected chi connectivity index (χ4v) is 5.38. The Morgan fingerprint density at radius 1 is 1.17 bits per heavy atom. The molecular formula is C14H18N2O5S3. The van der Waals surface area contributed by atoms with Crippen LogP contribution < -0.4 is 5.32 Å². The summed E-state index contributed by atoms with van der Waals surface area (Å²) in [6, 6.07) is 6.30. The Balaban J connectivity index is 2.53. The van der Waals surface area contributed by atoms with E-state index in [0.29, 0.717) is 13.2 Å². The quantitative estimate of drug-likeness (QED) is 0.718. The number of thiazole rings is 1. The zero-order valence-electron chi connectivity index (χ0n) is 13.4. The van der Waals surface area contributed by atoms with Gasteiger partial charge in [-0.25, -0.2) is 21.8 Å². The minimum Gasteiger partial charge on any atom is -0.383 e. The fourth-order valence-electron chi connectivity index (χ4n) is 1.84. The van der Waals surface area contributed by atoms with Crippen molar-refractivity contribution in [1.29, 1.82) is 0 Å². The van der Waals surface area contributed by atoms with Crippen LogP contribution in [0.1, 0.15) is 5.56 Å². The van der Waals surface area contributed by atoms with E-state index in [1.807, 2.05) is 6.92 Å². The van der Waals surface area contributed by atoms with E-state index in [9.17, 15) is 16.8 Å². The third-order valence-electron chi connectivity index (χ3n) is 3.07. The molecule has 24 heavy (non-hydrogen) atoms. The molecule has 2 aromatic rings. The zero-order chi connectivity index (χ0) is 18.0. The Morgan fingerprint density at radius 2 is 1.79 bits per heavy atom. The van der Waals surface area contributed by atoms with Gasteiger partial charge in [0, 0.05) is 19.9 Å². The van der Waals surface area contributed by atoms with Crippen molar-refractivity contribution in [3.05, 3.63) is 29.8 Å². The van der Waals surface area contributed by atoms with Gasteiger partial charge in [0.25, 0.3) is 0 Å². The van der Waals surface area contributed by atoms with Gasteiger partial charge in [-0.2, -0.15) is 0 Å². The molecule has 2 rings (SSSR count). The number of ether oxygens (including phenoxy) is 1. The lowest BCUT2D eigenvalue weighted by Gasteiger charge is -2.07. The van der Waals surface area contributed by atoms with E-state index in [1.165, 1.54) is 19.2 Å². The molecule has 132 valence electrons. The molecule has 0 aliphatic heterocycles. The van der Waals surface area contributed by atoms with E-state index < -0.39 is 19.7 Å². The highest BCUT2D eigenvalue weighted by atomic mass is 32.2. The van der Waals surface area contributed by atoms with Crippen LogP contribution in [0, 0.1) is 6.92 Å². The first-order valence-electron chi connectivity index (χ1n) is 6.91. The maximum Gasteiger partial charge on any atom is 0.226 e. The molecule has 0 aliphatic carbocycles. The Labute approximate surface area is 145 Å². The van der Waals surface area contributed by atoms with Gasteiger partial charge in [-0.05, 0) is 19.1 Å². The second-order valence-electron chi connectivity index (χ2n) is 5.12. The standard InChI is InChI=1S/C14H18N2O5S3/c1-10-4-6-11(7-5-10)24(19,20)13-12(15-8-9-21-2)22-14(16-13)23(3,17)18/h4-7,15H,8-9H2,1-3H3. The van der Waals surface area contributed by atoms with Crippen molar-refractivity contribution >= 4 is 36.0 Å². The number of hydrogen-bond acceptors (Lipinski definition) is 8. The summed E-state index contributed by atoms with van der Waals surface area (Å²) in [4.78, 5) is 3.93. The Hall–Kier alpha value is -1.49. The van der Waals surface area contributed by atoms with E-state index in [1.54, 1.807) is 12.1 Å². The summed E-state index contributed by atoms with van der Waals surface area (Å²) in [6.45, 7) is 2.52. The first-order valence-corrected chi connectivity index (χ1v) is 11.1. The lowest BCUT2D eigenvalue weighted by atomic mass is 10.2. The summed E-state index contributed by atoms with van der Waals surface area (Å²) in [7, 11) is -6.03. The Bertz CT molecular complexity index is 916. The third kappa shape index (κ3) is 4.12. The fraction of sp³-hybridized carbons (Fsp3) is 0.357. The van der Waals surface area contributed by atoms with Crippen LogP contribution in [-0.2, 0) is 24.4 Å². The van der Waals surface area contributed by atoms with Gasteiger partial charge < -0.3 is 10.1 Å². The van der Waals surface area contributed by atoms with E-state index in [4.69, 9.17) is 4.74 Å². The van der Waals surface area contributed by atoms with Crippen LogP contribution in [0.5, 0.6) is 0 Å². The first kappa shape index (κ1) is 18.8. The smallest absolute Gasteiger partial charge is 0.226 e. The van der Waals surface area contributed by atoms with Crippen LogP contribution in [0.2, 0.25) is 0 Å². The van der Waals surface area contributed by atoms with Gasteiger partial charge >= 0.3 is 0 Å². The molecular weight excluding hydrogens is 372 g/mol. The van der Waals surface area contributed by atoms with Gasteiger partial charge in [0.1, 0.15) is 5.00 Å². The number of anilines is 1. The predicted molar refractivity (Wildman–Crippen MR) is 92.2 cm³/mol. The van der Waals surface area contributed by atoms with Gasteiger partial charge in [-0.15, -0.1) is 0 Å². The number of aromatic nitrogens is 1. The van der Waals surface area contributed by atoms with E-state index in [-0.39, 0.29) is 19.3 Å². The molecule has 1 aromatic heterocycles. The molecule has 0 radical (unpaired) electrons. The molecule has 0 bridgehead atoms. The average Bonchev–Trinajstić information content (AvgIpc) is 2.93. The summed E-state index contributed by atoms with van der Waals surface area (Å²) in [5.41, 5.74) is 0.919. The van der Waals surface area contributed by atoms with Crippen molar-refractivity contribution in [1.82, 2.24) is 4.98 Å². The molecule has 0 amide bonds. The Kier molecular flexibility index (Phi) is 5.63. The van der Waals surface area contributed by atoms with E-state index in [0.717, 1.165) is 23.2 Å². The highest BCUT2D eigenvalue weighted by molar-refractivity contribution is 7.93. The largest absolute Gasteiger partial charge is 0.383 e. The van der Waals surface area contributed by atoms with Crippen molar-refractivity contribution in [3.63, 3.8) is 0 Å². The van der Waals surface area contributed by atoms with Crippen LogP contribution in [0.25, 0.3) is 0 Å². The predicted octanol–water partition coefficient (Wildman–Crippen LogP) is 1.75. The molecule has 7 nitrogen and oxygen atoms in total. The lowest BCUT2D eigenvalue weighted by molar-refractivity contribution is 0.211. The lowest BCUT2D eigenvalue weighted by Crippen LogP contribution is -2.11. The number of sulfone groups is 2. The molecule has 0 saturated heterocycles. The second-order valence-corrected chi connectivity index (χ2v) is 10.2. The van der Waals surface area contributed by atoms with Crippen LogP contribution in [0.3, 0.4) is 0 Å². The molecule has 1 N–H and O–H groups in total. The maximum absolute atomic E-state index is 12.8. The third-order valence-corrected chi connectivity index (χ3v) is 7.59. The number of nitrogens with zero attached hydrogens (tertiary/aromatic N) is 1. The number of nitrogens with one attached hydrogen (secondary N) is 1. The highest BCUT2D eigenvalue weighted by Crippen LogP contribution is 2.34. The molecule has 10 heteroatoms. The van der Waals surface area contributed by atoms with Gasteiger partial charge in [0.05, 0.1) is 11.5 Å². The molecule has 0 atom stereocenters. The average molecular weight is 391 g/mol. The van der Waals surface area contributed by atoms with Crippen molar-refractivity contribution in [2.75, 3.05) is 31.8 Å². The summed E-state index contributed by atoms with van der Waals surface area (Å²) >= 11 is 0.797. The second kappa shape index (κ2) is 7.18. The van der Waals surface area contributed by atoms with Crippen molar-refractivity contribution in [2.24, 2.45) is 0 Å². The van der Waals surface area contributed by atoms with Crippen LogP contribution in [-0.4, -0.2) is 48.3 Å². The monoisotopic (exact) mass is 390 g/mol. The van der Waals surface area contributed by atoms with E-state index >= 15 is 0 Å². The maximum atomic E-state index is 12.8. The Morgan fingerprint density at radius 3 is 2.33 bits per heavy atom. The van der Waals surface area contributed by atoms with Crippen molar-refractivity contribution in [3.8, 4) is 0 Å². The number of benzene rings is 1. The summed E-state index contributed by atoms with van der Waals surface area (Å²) in [5.74, 6) is 0.